The van der Waals surface area contributed by atoms with E-state index in [4.69, 9.17) is 10.5 Å². The van der Waals surface area contributed by atoms with Gasteiger partial charge in [0, 0.05) is 0 Å². The largest absolute Gasteiger partial charge is 0.465 e. The number of nitrogens with two attached hydrogens (primary N) is 1. The standard InChI is InChI=1S/C13H14BrN3O2/c1-7-11(14)8(2)17(16-7)10-6-4-5-9(12(10)15)13(18)19-3/h4-6H,15H2,1-3H3. The van der Waals surface area contributed by atoms with Crippen LogP contribution in [0.4, 0.5) is 5.69 Å². The topological polar surface area (TPSA) is 70.1 Å². The molecule has 0 aliphatic carbocycles. The number of methoxy groups -OCH3 is 1. The van der Waals surface area contributed by atoms with Crippen LogP contribution in [0.3, 0.4) is 0 Å². The highest BCUT2D eigenvalue weighted by molar-refractivity contribution is 9.10. The molecule has 0 fully saturated rings. The van der Waals surface area contributed by atoms with E-state index in [-0.39, 0.29) is 0 Å². The summed E-state index contributed by atoms with van der Waals surface area (Å²) in [6, 6.07) is 5.20. The summed E-state index contributed by atoms with van der Waals surface area (Å²) < 4.78 is 7.35. The summed E-state index contributed by atoms with van der Waals surface area (Å²) in [5.74, 6) is -0.458. The lowest BCUT2D eigenvalue weighted by Gasteiger charge is -2.11. The van der Waals surface area contributed by atoms with E-state index in [0.29, 0.717) is 16.9 Å². The van der Waals surface area contributed by atoms with Crippen molar-refractivity contribution in [3.05, 3.63) is 39.6 Å². The molecular formula is C13H14BrN3O2. The molecular weight excluding hydrogens is 310 g/mol. The van der Waals surface area contributed by atoms with Crippen molar-refractivity contribution in [2.45, 2.75) is 13.8 Å². The normalized spacial score (nSPS) is 10.5. The highest BCUT2D eigenvalue weighted by atomic mass is 79.9. The Morgan fingerprint density at radius 1 is 1.42 bits per heavy atom. The molecule has 0 spiro atoms. The van der Waals surface area contributed by atoms with Crippen molar-refractivity contribution in [3.63, 3.8) is 0 Å². The predicted molar refractivity (Wildman–Crippen MR) is 76.5 cm³/mol. The van der Waals surface area contributed by atoms with Crippen LogP contribution in [0.15, 0.2) is 22.7 Å². The molecule has 0 atom stereocenters. The number of rotatable bonds is 2. The fraction of sp³-hybridized carbons (Fsp3) is 0.231. The minimum Gasteiger partial charge on any atom is -0.465 e. The van der Waals surface area contributed by atoms with Crippen molar-refractivity contribution in [3.8, 4) is 5.69 Å². The van der Waals surface area contributed by atoms with E-state index in [2.05, 4.69) is 21.0 Å². The minimum absolute atomic E-state index is 0.337. The Bertz CT molecular complexity index is 650. The predicted octanol–water partition coefficient (Wildman–Crippen LogP) is 2.62. The van der Waals surface area contributed by atoms with Crippen molar-refractivity contribution < 1.29 is 9.53 Å². The Morgan fingerprint density at radius 3 is 2.63 bits per heavy atom. The Kier molecular flexibility index (Phi) is 3.61. The van der Waals surface area contributed by atoms with Crippen molar-refractivity contribution in [2.75, 3.05) is 12.8 Å². The highest BCUT2D eigenvalue weighted by Crippen LogP contribution is 2.27. The maximum absolute atomic E-state index is 11.6. The molecule has 2 N–H and O–H groups in total. The molecule has 0 radical (unpaired) electrons. The monoisotopic (exact) mass is 323 g/mol. The van der Waals surface area contributed by atoms with E-state index in [1.807, 2.05) is 19.9 Å². The number of hydrogen-bond acceptors (Lipinski definition) is 4. The van der Waals surface area contributed by atoms with Gasteiger partial charge in [-0.15, -0.1) is 0 Å². The van der Waals surface area contributed by atoms with Gasteiger partial charge in [-0.25, -0.2) is 9.48 Å². The molecule has 0 aliphatic rings. The van der Waals surface area contributed by atoms with Crippen molar-refractivity contribution in [1.29, 1.82) is 0 Å². The number of nitrogens with zero attached hydrogens (tertiary/aromatic N) is 2. The molecule has 19 heavy (non-hydrogen) atoms. The first-order chi connectivity index (χ1) is 8.97. The molecule has 0 aliphatic heterocycles. The zero-order valence-electron chi connectivity index (χ0n) is 10.9. The molecule has 5 nitrogen and oxygen atoms in total. The second kappa shape index (κ2) is 5.05. The van der Waals surface area contributed by atoms with Gasteiger partial charge < -0.3 is 10.5 Å². The van der Waals surface area contributed by atoms with E-state index >= 15 is 0 Å². The molecule has 2 aromatic rings. The third-order valence-corrected chi connectivity index (χ3v) is 4.07. The van der Waals surface area contributed by atoms with E-state index in [1.54, 1.807) is 16.8 Å². The van der Waals surface area contributed by atoms with Crippen LogP contribution in [0, 0.1) is 13.8 Å². The molecule has 2 rings (SSSR count). The molecule has 0 saturated heterocycles. The smallest absolute Gasteiger partial charge is 0.340 e. The Balaban J connectivity index is 2.63. The summed E-state index contributed by atoms with van der Waals surface area (Å²) in [5, 5.41) is 4.40. The lowest BCUT2D eigenvalue weighted by molar-refractivity contribution is 0.0602. The first-order valence-electron chi connectivity index (χ1n) is 5.66. The number of aryl methyl sites for hydroxylation is 1. The average Bonchev–Trinajstić information content (AvgIpc) is 2.66. The van der Waals surface area contributed by atoms with E-state index in [1.165, 1.54) is 7.11 Å². The van der Waals surface area contributed by atoms with Crippen LogP contribution in [0.1, 0.15) is 21.7 Å². The Hall–Kier alpha value is -1.82. The zero-order valence-corrected chi connectivity index (χ0v) is 12.5. The van der Waals surface area contributed by atoms with Crippen LogP contribution in [0.5, 0.6) is 0 Å². The quantitative estimate of drug-likeness (QED) is 0.681. The maximum atomic E-state index is 11.6. The number of esters is 1. The molecule has 0 unspecified atom stereocenters. The minimum atomic E-state index is -0.458. The zero-order chi connectivity index (χ0) is 14.2. The highest BCUT2D eigenvalue weighted by Gasteiger charge is 2.17. The van der Waals surface area contributed by atoms with Crippen LogP contribution >= 0.6 is 15.9 Å². The number of hydrogen-bond donors (Lipinski definition) is 1. The number of benzene rings is 1. The fourth-order valence-electron chi connectivity index (χ4n) is 1.88. The SMILES string of the molecule is COC(=O)c1cccc(-n2nc(C)c(Br)c2C)c1N. The van der Waals surface area contributed by atoms with Crippen molar-refractivity contribution in [2.24, 2.45) is 0 Å². The third-order valence-electron chi connectivity index (χ3n) is 2.92. The first-order valence-corrected chi connectivity index (χ1v) is 6.45. The Labute approximate surface area is 119 Å². The van der Waals surface area contributed by atoms with Crippen LogP contribution in [0.2, 0.25) is 0 Å². The summed E-state index contributed by atoms with van der Waals surface area (Å²) >= 11 is 3.47. The summed E-state index contributed by atoms with van der Waals surface area (Å²) in [6.07, 6.45) is 0. The summed E-state index contributed by atoms with van der Waals surface area (Å²) in [7, 11) is 1.33. The van der Waals surface area contributed by atoms with Gasteiger partial charge in [0.1, 0.15) is 0 Å². The second-order valence-corrected chi connectivity index (χ2v) is 4.92. The number of carbonyl (C=O) groups excluding carboxylic acids is 1. The number of nitrogen functional groups attached to an aromatic ring is 1. The van der Waals surface area contributed by atoms with E-state index in [0.717, 1.165) is 15.9 Å². The molecule has 0 saturated carbocycles. The van der Waals surface area contributed by atoms with Gasteiger partial charge in [-0.1, -0.05) is 6.07 Å². The van der Waals surface area contributed by atoms with E-state index < -0.39 is 5.97 Å². The molecule has 0 bridgehead atoms. The molecule has 1 aromatic heterocycles. The number of ether oxygens (including phenoxy) is 1. The first kappa shape index (κ1) is 13.6. The van der Waals surface area contributed by atoms with Gasteiger partial charge in [0.2, 0.25) is 0 Å². The molecule has 6 heteroatoms. The lowest BCUT2D eigenvalue weighted by Crippen LogP contribution is -2.10. The average molecular weight is 324 g/mol. The van der Waals surface area contributed by atoms with Gasteiger partial charge in [-0.3, -0.25) is 0 Å². The van der Waals surface area contributed by atoms with E-state index in [9.17, 15) is 4.79 Å². The van der Waals surface area contributed by atoms with Gasteiger partial charge in [0.25, 0.3) is 0 Å². The fourth-order valence-corrected chi connectivity index (χ4v) is 2.13. The van der Waals surface area contributed by atoms with Crippen molar-refractivity contribution >= 4 is 27.6 Å². The molecule has 1 aromatic carbocycles. The van der Waals surface area contributed by atoms with Crippen LogP contribution in [-0.2, 0) is 4.74 Å². The van der Waals surface area contributed by atoms with Crippen LogP contribution in [-0.4, -0.2) is 22.9 Å². The third kappa shape index (κ3) is 2.23. The molecule has 1 heterocycles. The number of para-hydroxylation sites is 1. The second-order valence-electron chi connectivity index (χ2n) is 4.13. The van der Waals surface area contributed by atoms with Gasteiger partial charge >= 0.3 is 5.97 Å². The van der Waals surface area contributed by atoms with Gasteiger partial charge in [0.15, 0.2) is 0 Å². The maximum Gasteiger partial charge on any atom is 0.340 e. The number of halogens is 1. The van der Waals surface area contributed by atoms with Gasteiger partial charge in [-0.05, 0) is 41.9 Å². The van der Waals surface area contributed by atoms with Crippen LogP contribution in [0.25, 0.3) is 5.69 Å². The summed E-state index contributed by atoms with van der Waals surface area (Å²) in [6.45, 7) is 3.82. The number of carbonyl (C=O) groups is 1. The van der Waals surface area contributed by atoms with Crippen molar-refractivity contribution in [1.82, 2.24) is 9.78 Å². The van der Waals surface area contributed by atoms with Gasteiger partial charge in [0.05, 0.1) is 39.9 Å². The Morgan fingerprint density at radius 2 is 2.11 bits per heavy atom. The summed E-state index contributed by atoms with van der Waals surface area (Å²) in [5.41, 5.74) is 9.18. The lowest BCUT2D eigenvalue weighted by atomic mass is 10.1. The summed E-state index contributed by atoms with van der Waals surface area (Å²) in [4.78, 5) is 11.6. The number of aromatic nitrogens is 2. The van der Waals surface area contributed by atoms with Crippen LogP contribution < -0.4 is 5.73 Å². The number of anilines is 1. The molecule has 100 valence electrons. The molecule has 0 amide bonds. The van der Waals surface area contributed by atoms with Gasteiger partial charge in [-0.2, -0.15) is 5.10 Å².